The van der Waals surface area contributed by atoms with Crippen molar-refractivity contribution in [2.24, 2.45) is 5.73 Å². The molecule has 0 spiro atoms. The summed E-state index contributed by atoms with van der Waals surface area (Å²) in [6, 6.07) is 1.99. The third-order valence-electron chi connectivity index (χ3n) is 5.78. The topological polar surface area (TPSA) is 137 Å². The number of nitrogens with one attached hydrogen (secondary N) is 1. The van der Waals surface area contributed by atoms with Gasteiger partial charge in [0.05, 0.1) is 23.2 Å². The largest absolute Gasteiger partial charge is 0.379 e. The molecule has 4 aromatic heterocycles. The Hall–Kier alpha value is -3.44. The minimum Gasteiger partial charge on any atom is -0.379 e. The molecule has 0 aromatic carbocycles. The van der Waals surface area contributed by atoms with Gasteiger partial charge in [-0.2, -0.15) is 10.2 Å². The quantitative estimate of drug-likeness (QED) is 0.427. The second-order valence-corrected chi connectivity index (χ2v) is 8.88. The van der Waals surface area contributed by atoms with Crippen LogP contribution in [0.1, 0.15) is 49.1 Å². The summed E-state index contributed by atoms with van der Waals surface area (Å²) < 4.78 is 7.78. The summed E-state index contributed by atoms with van der Waals surface area (Å²) in [5.41, 5.74) is 8.05. The van der Waals surface area contributed by atoms with E-state index < -0.39 is 5.91 Å². The van der Waals surface area contributed by atoms with Crippen LogP contribution in [0.25, 0.3) is 32.5 Å². The smallest absolute Gasteiger partial charge is 0.268 e. The maximum atomic E-state index is 12.3. The van der Waals surface area contributed by atoms with Crippen LogP contribution in [0.15, 0.2) is 37.1 Å². The van der Waals surface area contributed by atoms with Gasteiger partial charge in [-0.15, -0.1) is 11.3 Å². The zero-order valence-corrected chi connectivity index (χ0v) is 19.0. The van der Waals surface area contributed by atoms with E-state index in [1.165, 1.54) is 11.3 Å². The molecule has 33 heavy (non-hydrogen) atoms. The summed E-state index contributed by atoms with van der Waals surface area (Å²) in [7, 11) is 0. The molecule has 3 N–H and O–H groups in total. The molecule has 170 valence electrons. The number of carbonyl (C=O) groups is 1. The second-order valence-electron chi connectivity index (χ2n) is 7.88. The van der Waals surface area contributed by atoms with E-state index in [4.69, 9.17) is 15.6 Å². The number of ether oxygens (including phenoxy) is 1. The molecule has 0 unspecified atom stereocenters. The highest BCUT2D eigenvalue weighted by Gasteiger charge is 2.28. The number of hydrogen-bond donors (Lipinski definition) is 2. The van der Waals surface area contributed by atoms with Crippen molar-refractivity contribution in [3.8, 4) is 32.5 Å². The minimum absolute atomic E-state index is 0.202. The van der Waals surface area contributed by atoms with Crippen LogP contribution in [0.4, 0.5) is 0 Å². The summed E-state index contributed by atoms with van der Waals surface area (Å²) in [5.74, 6) is -0.108. The van der Waals surface area contributed by atoms with Gasteiger partial charge in [0.15, 0.2) is 5.82 Å². The molecule has 0 atom stereocenters. The van der Waals surface area contributed by atoms with Gasteiger partial charge in [-0.25, -0.2) is 15.0 Å². The fourth-order valence-corrected chi connectivity index (χ4v) is 5.27. The van der Waals surface area contributed by atoms with Gasteiger partial charge in [-0.1, -0.05) is 0 Å². The zero-order chi connectivity index (χ0) is 22.8. The maximum absolute atomic E-state index is 12.3. The molecule has 0 radical (unpaired) electrons. The van der Waals surface area contributed by atoms with Gasteiger partial charge in [0.1, 0.15) is 16.4 Å². The van der Waals surface area contributed by atoms with E-state index in [0.717, 1.165) is 43.4 Å². The van der Waals surface area contributed by atoms with Crippen LogP contribution in [0.3, 0.4) is 0 Å². The first-order chi connectivity index (χ1) is 16.1. The van der Waals surface area contributed by atoms with Crippen molar-refractivity contribution in [2.75, 3.05) is 6.61 Å². The molecule has 0 bridgehead atoms. The Balaban J connectivity index is 1.58. The number of nitrogens with two attached hydrogens (primary N) is 1. The highest BCUT2D eigenvalue weighted by atomic mass is 32.1. The van der Waals surface area contributed by atoms with Crippen molar-refractivity contribution in [2.45, 2.75) is 44.8 Å². The van der Waals surface area contributed by atoms with Gasteiger partial charge < -0.3 is 10.5 Å². The standard InChI is InChI=1S/C22H24N8O2S/c1-2-32-15-6-4-14(5-7-15)30-12-16(17(29-30)21-24-8-3-9-25-21)19-18(20(23)31)28-22(33-19)13-10-26-27-11-13/h3,8-12,14-15H,2,4-7H2,1H3,(H2,23,31)(H,26,27). The molecule has 1 aliphatic rings. The number of nitrogens with zero attached hydrogens (tertiary/aromatic N) is 6. The molecule has 1 saturated carbocycles. The van der Waals surface area contributed by atoms with Crippen LogP contribution in [0.2, 0.25) is 0 Å². The number of rotatable bonds is 7. The van der Waals surface area contributed by atoms with Crippen molar-refractivity contribution in [1.82, 2.24) is 34.9 Å². The van der Waals surface area contributed by atoms with Gasteiger partial charge in [-0.3, -0.25) is 14.6 Å². The number of aromatic nitrogens is 7. The van der Waals surface area contributed by atoms with Crippen molar-refractivity contribution in [1.29, 1.82) is 0 Å². The number of aromatic amines is 1. The molecule has 0 aliphatic heterocycles. The molecule has 1 aliphatic carbocycles. The molecule has 1 amide bonds. The molecular weight excluding hydrogens is 440 g/mol. The summed E-state index contributed by atoms with van der Waals surface area (Å²) in [4.78, 5) is 26.3. The number of H-pyrrole nitrogens is 1. The first kappa shape index (κ1) is 21.4. The van der Waals surface area contributed by atoms with Gasteiger partial charge in [-0.05, 0) is 38.7 Å². The Morgan fingerprint density at radius 3 is 2.73 bits per heavy atom. The molecule has 4 aromatic rings. The third kappa shape index (κ3) is 4.29. The average Bonchev–Trinajstić information content (AvgIpc) is 3.59. The first-order valence-electron chi connectivity index (χ1n) is 10.9. The van der Waals surface area contributed by atoms with E-state index in [0.29, 0.717) is 27.5 Å². The summed E-state index contributed by atoms with van der Waals surface area (Å²) in [5, 5.41) is 12.3. The second kappa shape index (κ2) is 9.20. The summed E-state index contributed by atoms with van der Waals surface area (Å²) >= 11 is 1.37. The lowest BCUT2D eigenvalue weighted by Crippen LogP contribution is -2.24. The Kier molecular flexibility index (Phi) is 5.97. The van der Waals surface area contributed by atoms with Gasteiger partial charge >= 0.3 is 0 Å². The Morgan fingerprint density at radius 1 is 1.27 bits per heavy atom. The van der Waals surface area contributed by atoms with E-state index in [2.05, 4.69) is 25.1 Å². The third-order valence-corrected chi connectivity index (χ3v) is 6.92. The lowest BCUT2D eigenvalue weighted by Gasteiger charge is -2.28. The lowest BCUT2D eigenvalue weighted by molar-refractivity contribution is 0.0260. The molecule has 5 rings (SSSR count). The number of thiazole rings is 1. The highest BCUT2D eigenvalue weighted by Crippen LogP contribution is 2.40. The molecule has 1 fully saturated rings. The number of carbonyl (C=O) groups excluding carboxylic acids is 1. The minimum atomic E-state index is -0.596. The normalized spacial score (nSPS) is 18.5. The Bertz CT molecular complexity index is 1230. The predicted octanol–water partition coefficient (Wildman–Crippen LogP) is 3.47. The van der Waals surface area contributed by atoms with Gasteiger partial charge in [0.2, 0.25) is 0 Å². The van der Waals surface area contributed by atoms with Crippen molar-refractivity contribution < 1.29 is 9.53 Å². The van der Waals surface area contributed by atoms with Crippen LogP contribution < -0.4 is 5.73 Å². The van der Waals surface area contributed by atoms with E-state index in [1.54, 1.807) is 30.9 Å². The molecule has 4 heterocycles. The van der Waals surface area contributed by atoms with Gasteiger partial charge in [0.25, 0.3) is 5.91 Å². The number of hydrogen-bond acceptors (Lipinski definition) is 8. The Morgan fingerprint density at radius 2 is 2.06 bits per heavy atom. The van der Waals surface area contributed by atoms with Crippen LogP contribution in [0, 0.1) is 0 Å². The molecular formula is C22H24N8O2S. The molecule has 10 nitrogen and oxygen atoms in total. The Labute approximate surface area is 194 Å². The predicted molar refractivity (Wildman–Crippen MR) is 123 cm³/mol. The van der Waals surface area contributed by atoms with Crippen LogP contribution in [-0.4, -0.2) is 53.5 Å². The average molecular weight is 465 g/mol. The van der Waals surface area contributed by atoms with E-state index >= 15 is 0 Å². The fourth-order valence-electron chi connectivity index (χ4n) is 4.20. The highest BCUT2D eigenvalue weighted by molar-refractivity contribution is 7.18. The number of amides is 1. The zero-order valence-electron chi connectivity index (χ0n) is 18.1. The maximum Gasteiger partial charge on any atom is 0.268 e. The fraction of sp³-hybridized carbons (Fsp3) is 0.364. The van der Waals surface area contributed by atoms with E-state index in [1.807, 2.05) is 17.8 Å². The van der Waals surface area contributed by atoms with Crippen molar-refractivity contribution in [3.63, 3.8) is 0 Å². The SMILES string of the molecule is CCOC1CCC(n2cc(-c3sc(-c4cn[nH]c4)nc3C(N)=O)c(-c3ncccn3)n2)CC1. The van der Waals surface area contributed by atoms with Crippen molar-refractivity contribution in [3.05, 3.63) is 42.7 Å². The summed E-state index contributed by atoms with van der Waals surface area (Å²) in [6.07, 6.45) is 12.9. The lowest BCUT2D eigenvalue weighted by atomic mass is 9.93. The van der Waals surface area contributed by atoms with E-state index in [-0.39, 0.29) is 11.7 Å². The first-order valence-corrected chi connectivity index (χ1v) is 11.7. The number of primary amides is 1. The van der Waals surface area contributed by atoms with Crippen LogP contribution >= 0.6 is 11.3 Å². The van der Waals surface area contributed by atoms with Gasteiger partial charge in [0, 0.05) is 42.5 Å². The molecule has 11 heteroatoms. The van der Waals surface area contributed by atoms with E-state index in [9.17, 15) is 4.79 Å². The van der Waals surface area contributed by atoms with Crippen molar-refractivity contribution >= 4 is 17.2 Å². The summed E-state index contributed by atoms with van der Waals surface area (Å²) in [6.45, 7) is 2.76. The van der Waals surface area contributed by atoms with Crippen LogP contribution in [0.5, 0.6) is 0 Å². The van der Waals surface area contributed by atoms with Crippen LogP contribution in [-0.2, 0) is 4.74 Å². The monoisotopic (exact) mass is 464 g/mol. The molecule has 0 saturated heterocycles.